The summed E-state index contributed by atoms with van der Waals surface area (Å²) in [5.41, 5.74) is 1.02. The van der Waals surface area contributed by atoms with Crippen LogP contribution in [0.4, 0.5) is 18.9 Å². The molecule has 37 heavy (non-hydrogen) atoms. The predicted molar refractivity (Wildman–Crippen MR) is 140 cm³/mol. The van der Waals surface area contributed by atoms with Gasteiger partial charge in [0.15, 0.2) is 5.17 Å². The number of nitrogens with zero attached hydrogens (tertiary/aromatic N) is 2. The van der Waals surface area contributed by atoms with Gasteiger partial charge in [0.25, 0.3) is 0 Å². The zero-order valence-electron chi connectivity index (χ0n) is 19.5. The molecule has 0 aromatic heterocycles. The second kappa shape index (κ2) is 11.8. The van der Waals surface area contributed by atoms with Crippen molar-refractivity contribution in [2.45, 2.75) is 30.8 Å². The van der Waals surface area contributed by atoms with Gasteiger partial charge in [-0.1, -0.05) is 71.9 Å². The van der Waals surface area contributed by atoms with Crippen LogP contribution in [0.2, 0.25) is 5.02 Å². The number of hydrogen-bond donors (Lipinski definition) is 1. The van der Waals surface area contributed by atoms with Gasteiger partial charge in [0.1, 0.15) is 0 Å². The molecule has 0 saturated carbocycles. The van der Waals surface area contributed by atoms with Crippen LogP contribution >= 0.6 is 23.4 Å². The molecule has 1 fully saturated rings. The first-order valence-electron chi connectivity index (χ1n) is 11.5. The first kappa shape index (κ1) is 26.8. The topological polar surface area (TPSA) is 61.8 Å². The van der Waals surface area contributed by atoms with E-state index in [2.05, 4.69) is 10.3 Å². The van der Waals surface area contributed by atoms with Crippen molar-refractivity contribution < 1.29 is 22.8 Å². The van der Waals surface area contributed by atoms with Gasteiger partial charge in [-0.2, -0.15) is 13.2 Å². The average Bonchev–Trinajstić information content (AvgIpc) is 2.87. The molecule has 1 atom stereocenters. The molecule has 1 aliphatic rings. The predicted octanol–water partition coefficient (Wildman–Crippen LogP) is 6.24. The molecular formula is C27H23ClF3N3O2S. The van der Waals surface area contributed by atoms with Gasteiger partial charge in [-0.25, -0.2) is 4.99 Å². The summed E-state index contributed by atoms with van der Waals surface area (Å²) in [6, 6.07) is 21.1. The summed E-state index contributed by atoms with van der Waals surface area (Å²) in [6.45, 7) is 0.534. The summed E-state index contributed by atoms with van der Waals surface area (Å²) < 4.78 is 39.7. The first-order valence-corrected chi connectivity index (χ1v) is 12.7. The van der Waals surface area contributed by atoms with Gasteiger partial charge in [0.05, 0.1) is 23.0 Å². The van der Waals surface area contributed by atoms with E-state index in [0.717, 1.165) is 35.0 Å². The number of aliphatic imine (C=N–C) groups is 1. The minimum Gasteiger partial charge on any atom is -0.355 e. The van der Waals surface area contributed by atoms with Crippen LogP contribution in [0.25, 0.3) is 0 Å². The van der Waals surface area contributed by atoms with Crippen molar-refractivity contribution in [1.82, 2.24) is 10.2 Å². The minimum absolute atomic E-state index is 0.0383. The SMILES string of the molecule is O=C(NCCc1ccccc1)C1CC(=O)N(Cc2ccc(Cl)cc2)C(=Nc2cccc(C(F)(F)F)c2)S1. The van der Waals surface area contributed by atoms with Crippen molar-refractivity contribution >= 4 is 46.0 Å². The lowest BCUT2D eigenvalue weighted by atomic mass is 10.1. The first-order chi connectivity index (χ1) is 17.7. The molecule has 0 aliphatic carbocycles. The van der Waals surface area contributed by atoms with Crippen LogP contribution in [0.5, 0.6) is 0 Å². The largest absolute Gasteiger partial charge is 0.416 e. The summed E-state index contributed by atoms with van der Waals surface area (Å²) in [7, 11) is 0. The van der Waals surface area contributed by atoms with E-state index in [1.54, 1.807) is 24.3 Å². The van der Waals surface area contributed by atoms with Gasteiger partial charge < -0.3 is 5.32 Å². The Labute approximate surface area is 221 Å². The van der Waals surface area contributed by atoms with Crippen LogP contribution in [0.15, 0.2) is 83.9 Å². The highest BCUT2D eigenvalue weighted by Crippen LogP contribution is 2.34. The van der Waals surface area contributed by atoms with E-state index in [9.17, 15) is 22.8 Å². The van der Waals surface area contributed by atoms with Gasteiger partial charge in [0, 0.05) is 18.0 Å². The number of alkyl halides is 3. The van der Waals surface area contributed by atoms with Crippen LogP contribution in [0, 0.1) is 0 Å². The Morgan fingerprint density at radius 2 is 1.76 bits per heavy atom. The highest BCUT2D eigenvalue weighted by atomic mass is 35.5. The maximum Gasteiger partial charge on any atom is 0.416 e. The number of carbonyl (C=O) groups is 2. The van der Waals surface area contributed by atoms with Gasteiger partial charge >= 0.3 is 6.18 Å². The lowest BCUT2D eigenvalue weighted by molar-refractivity contribution is -0.137. The van der Waals surface area contributed by atoms with Crippen LogP contribution in [-0.2, 0) is 28.7 Å². The smallest absolute Gasteiger partial charge is 0.355 e. The van der Waals surface area contributed by atoms with Gasteiger partial charge in [-0.3, -0.25) is 14.5 Å². The van der Waals surface area contributed by atoms with Crippen LogP contribution in [0.3, 0.4) is 0 Å². The molecule has 10 heteroatoms. The zero-order valence-corrected chi connectivity index (χ0v) is 21.1. The standard InChI is InChI=1S/C27H23ClF3N3O2S/c28-21-11-9-19(10-12-21)17-34-24(35)16-23(25(36)32-14-13-18-5-2-1-3-6-18)37-26(34)33-22-8-4-7-20(15-22)27(29,30)31/h1-12,15,23H,13-14,16-17H2,(H,32,36). The molecule has 5 nitrogen and oxygen atoms in total. The fraction of sp³-hybridized carbons (Fsp3) is 0.222. The Balaban J connectivity index is 1.55. The molecule has 1 heterocycles. The second-order valence-electron chi connectivity index (χ2n) is 8.39. The molecule has 0 spiro atoms. The van der Waals surface area contributed by atoms with Crippen LogP contribution < -0.4 is 5.32 Å². The minimum atomic E-state index is -4.53. The molecule has 0 radical (unpaired) electrons. The molecule has 1 aliphatic heterocycles. The Hall–Kier alpha value is -3.30. The van der Waals surface area contributed by atoms with Gasteiger partial charge in [-0.15, -0.1) is 0 Å². The summed E-state index contributed by atoms with van der Waals surface area (Å²) in [6.07, 6.45) is -3.96. The summed E-state index contributed by atoms with van der Waals surface area (Å²) in [4.78, 5) is 31.8. The number of carbonyl (C=O) groups excluding carboxylic acids is 2. The molecule has 192 valence electrons. The third-order valence-electron chi connectivity index (χ3n) is 5.64. The summed E-state index contributed by atoms with van der Waals surface area (Å²) >= 11 is 7.02. The number of benzene rings is 3. The molecular weight excluding hydrogens is 523 g/mol. The molecule has 3 aromatic carbocycles. The van der Waals surface area contributed by atoms with Gasteiger partial charge in [-0.05, 0) is 47.9 Å². The fourth-order valence-corrected chi connectivity index (χ4v) is 4.97. The van der Waals surface area contributed by atoms with E-state index in [0.29, 0.717) is 18.0 Å². The fourth-order valence-electron chi connectivity index (χ4n) is 3.72. The molecule has 1 unspecified atom stereocenters. The van der Waals surface area contributed by atoms with E-state index in [1.165, 1.54) is 17.0 Å². The van der Waals surface area contributed by atoms with E-state index in [-0.39, 0.29) is 35.6 Å². The number of amides is 2. The monoisotopic (exact) mass is 545 g/mol. The Morgan fingerprint density at radius 1 is 1.03 bits per heavy atom. The zero-order chi connectivity index (χ0) is 26.4. The number of rotatable bonds is 7. The highest BCUT2D eigenvalue weighted by Gasteiger charge is 2.36. The van der Waals surface area contributed by atoms with Crippen LogP contribution in [-0.4, -0.2) is 33.7 Å². The maximum absolute atomic E-state index is 13.2. The summed E-state index contributed by atoms with van der Waals surface area (Å²) in [5.74, 6) is -0.667. The van der Waals surface area contributed by atoms with E-state index in [4.69, 9.17) is 11.6 Å². The van der Waals surface area contributed by atoms with E-state index >= 15 is 0 Å². The highest BCUT2D eigenvalue weighted by molar-refractivity contribution is 8.15. The normalized spacial score (nSPS) is 17.2. The van der Waals surface area contributed by atoms with Crippen molar-refractivity contribution in [2.75, 3.05) is 6.54 Å². The summed E-state index contributed by atoms with van der Waals surface area (Å²) in [5, 5.41) is 2.80. The van der Waals surface area contributed by atoms with E-state index in [1.807, 2.05) is 30.3 Å². The van der Waals surface area contributed by atoms with Crippen molar-refractivity contribution in [3.8, 4) is 0 Å². The molecule has 3 aromatic rings. The Morgan fingerprint density at radius 3 is 2.46 bits per heavy atom. The Bertz CT molecular complexity index is 1280. The van der Waals surface area contributed by atoms with Crippen molar-refractivity contribution in [2.24, 2.45) is 4.99 Å². The average molecular weight is 546 g/mol. The molecule has 2 amide bonds. The number of amidine groups is 1. The number of thioether (sulfide) groups is 1. The molecule has 4 rings (SSSR count). The van der Waals surface area contributed by atoms with Crippen molar-refractivity contribution in [3.63, 3.8) is 0 Å². The third kappa shape index (κ3) is 7.36. The lowest BCUT2D eigenvalue weighted by Gasteiger charge is -2.32. The molecule has 1 N–H and O–H groups in total. The number of nitrogens with one attached hydrogen (secondary N) is 1. The lowest BCUT2D eigenvalue weighted by Crippen LogP contribution is -2.46. The third-order valence-corrected chi connectivity index (χ3v) is 7.08. The van der Waals surface area contributed by atoms with E-state index < -0.39 is 17.0 Å². The Kier molecular flexibility index (Phi) is 8.56. The maximum atomic E-state index is 13.2. The quantitative estimate of drug-likeness (QED) is 0.382. The van der Waals surface area contributed by atoms with Gasteiger partial charge in [0.2, 0.25) is 11.8 Å². The van der Waals surface area contributed by atoms with Crippen LogP contribution in [0.1, 0.15) is 23.1 Å². The van der Waals surface area contributed by atoms with Crippen molar-refractivity contribution in [3.05, 3.63) is 101 Å². The molecule has 0 bridgehead atoms. The van der Waals surface area contributed by atoms with Crippen molar-refractivity contribution in [1.29, 1.82) is 0 Å². The number of halogens is 4. The number of hydrogen-bond acceptors (Lipinski definition) is 4. The second-order valence-corrected chi connectivity index (χ2v) is 9.99. The molecule has 1 saturated heterocycles.